The fourth-order valence-electron chi connectivity index (χ4n) is 3.44. The number of carbonyl (C=O) groups is 1. The highest BCUT2D eigenvalue weighted by Crippen LogP contribution is 2.40. The average Bonchev–Trinajstić information content (AvgIpc) is 3.33. The lowest BCUT2D eigenvalue weighted by molar-refractivity contribution is 0.0950. The van der Waals surface area contributed by atoms with E-state index in [1.165, 1.54) is 24.2 Å². The van der Waals surface area contributed by atoms with Crippen molar-refractivity contribution < 1.29 is 4.79 Å². The van der Waals surface area contributed by atoms with Gasteiger partial charge in [0.05, 0.1) is 10.6 Å². The Hall–Kier alpha value is -2.28. The summed E-state index contributed by atoms with van der Waals surface area (Å²) in [6.07, 6.45) is 6.14. The van der Waals surface area contributed by atoms with E-state index in [2.05, 4.69) is 26.8 Å². The van der Waals surface area contributed by atoms with E-state index in [1.807, 2.05) is 27.0 Å². The minimum absolute atomic E-state index is 0.0166. The molecule has 0 bridgehead atoms. The fraction of sp³-hybridized carbons (Fsp3) is 0.500. The normalized spacial score (nSPS) is 15.3. The minimum atomic E-state index is -0.0166. The third-order valence-corrected chi connectivity index (χ3v) is 6.36. The number of nitrogens with one attached hydrogen (secondary N) is 1. The van der Waals surface area contributed by atoms with Gasteiger partial charge in [-0.15, -0.1) is 11.3 Å². The third-order valence-electron chi connectivity index (χ3n) is 5.18. The molecule has 27 heavy (non-hydrogen) atoms. The molecule has 3 aromatic rings. The number of amides is 1. The second kappa shape index (κ2) is 7.03. The minimum Gasteiger partial charge on any atom is -0.351 e. The SMILES string of the molecule is Cc1nc(C2CC2)nc2sc(C(=O)NCC(C)Cn3ccnc3C)c(C)c12. The highest BCUT2D eigenvalue weighted by atomic mass is 32.1. The van der Waals surface area contributed by atoms with E-state index in [0.29, 0.717) is 18.4 Å². The van der Waals surface area contributed by atoms with E-state index >= 15 is 0 Å². The number of hydrogen-bond donors (Lipinski definition) is 1. The smallest absolute Gasteiger partial charge is 0.261 e. The molecule has 1 aliphatic carbocycles. The summed E-state index contributed by atoms with van der Waals surface area (Å²) < 4.78 is 2.11. The Kier molecular flexibility index (Phi) is 4.72. The standard InChI is InChI=1S/C20H25N5OS/c1-11(10-25-8-7-21-14(25)4)9-22-19(26)17-12(2)16-13(3)23-18(15-5-6-15)24-20(16)27-17/h7-8,11,15H,5-6,9-10H2,1-4H3,(H,22,26). The maximum Gasteiger partial charge on any atom is 0.261 e. The second-order valence-electron chi connectivity index (χ2n) is 7.62. The van der Waals surface area contributed by atoms with Crippen LogP contribution in [-0.4, -0.2) is 32.0 Å². The van der Waals surface area contributed by atoms with Crippen molar-refractivity contribution in [3.63, 3.8) is 0 Å². The maximum absolute atomic E-state index is 12.8. The summed E-state index contributed by atoms with van der Waals surface area (Å²) in [5.74, 6) is 2.75. The number of nitrogens with zero attached hydrogens (tertiary/aromatic N) is 4. The van der Waals surface area contributed by atoms with Crippen LogP contribution >= 0.6 is 11.3 Å². The molecule has 1 unspecified atom stereocenters. The van der Waals surface area contributed by atoms with Crippen molar-refractivity contribution in [1.82, 2.24) is 24.8 Å². The topological polar surface area (TPSA) is 72.7 Å². The van der Waals surface area contributed by atoms with Gasteiger partial charge in [-0.1, -0.05) is 6.92 Å². The first-order valence-corrected chi connectivity index (χ1v) is 10.3. The quantitative estimate of drug-likeness (QED) is 0.703. The Bertz CT molecular complexity index is 1000. The average molecular weight is 384 g/mol. The molecule has 0 spiro atoms. The van der Waals surface area contributed by atoms with Crippen LogP contribution in [0, 0.1) is 26.7 Å². The van der Waals surface area contributed by atoms with E-state index < -0.39 is 0 Å². The monoisotopic (exact) mass is 383 g/mol. The summed E-state index contributed by atoms with van der Waals surface area (Å²) in [6, 6.07) is 0. The lowest BCUT2D eigenvalue weighted by Crippen LogP contribution is -2.29. The molecule has 1 atom stereocenters. The Morgan fingerprint density at radius 3 is 2.78 bits per heavy atom. The zero-order valence-corrected chi connectivity index (χ0v) is 17.1. The Morgan fingerprint density at radius 1 is 1.33 bits per heavy atom. The number of thiophene rings is 1. The number of imidazole rings is 1. The summed E-state index contributed by atoms with van der Waals surface area (Å²) in [6.45, 7) is 9.61. The molecule has 4 rings (SSSR count). The third kappa shape index (κ3) is 3.60. The van der Waals surface area contributed by atoms with Crippen molar-refractivity contribution in [3.8, 4) is 0 Å². The molecule has 1 fully saturated rings. The van der Waals surface area contributed by atoms with Gasteiger partial charge in [-0.3, -0.25) is 4.79 Å². The molecule has 0 saturated heterocycles. The van der Waals surface area contributed by atoms with E-state index in [1.54, 1.807) is 6.20 Å². The molecule has 6 nitrogen and oxygen atoms in total. The highest BCUT2D eigenvalue weighted by molar-refractivity contribution is 7.20. The first-order chi connectivity index (χ1) is 12.9. The zero-order valence-electron chi connectivity index (χ0n) is 16.2. The fourth-order valence-corrected chi connectivity index (χ4v) is 4.60. The molecule has 0 radical (unpaired) electrons. The molecule has 142 valence electrons. The second-order valence-corrected chi connectivity index (χ2v) is 8.62. The molecule has 3 aromatic heterocycles. The van der Waals surface area contributed by atoms with Gasteiger partial charge in [-0.2, -0.15) is 0 Å². The molecule has 1 saturated carbocycles. The number of carbonyl (C=O) groups excluding carboxylic acids is 1. The highest BCUT2D eigenvalue weighted by Gasteiger charge is 2.28. The van der Waals surface area contributed by atoms with Crippen LogP contribution in [0.4, 0.5) is 0 Å². The van der Waals surface area contributed by atoms with Gasteiger partial charge in [0.2, 0.25) is 0 Å². The number of hydrogen-bond acceptors (Lipinski definition) is 5. The van der Waals surface area contributed by atoms with Crippen molar-refractivity contribution in [2.75, 3.05) is 6.54 Å². The molecule has 0 aromatic carbocycles. The molecule has 3 heterocycles. The lowest BCUT2D eigenvalue weighted by Gasteiger charge is -2.14. The van der Waals surface area contributed by atoms with E-state index in [0.717, 1.165) is 44.5 Å². The first-order valence-electron chi connectivity index (χ1n) is 9.47. The Morgan fingerprint density at radius 2 is 2.11 bits per heavy atom. The Balaban J connectivity index is 1.48. The zero-order chi connectivity index (χ0) is 19.1. The predicted molar refractivity (Wildman–Crippen MR) is 107 cm³/mol. The van der Waals surface area contributed by atoms with Gasteiger partial charge < -0.3 is 9.88 Å². The van der Waals surface area contributed by atoms with Crippen LogP contribution in [0.2, 0.25) is 0 Å². The van der Waals surface area contributed by atoms with Crippen LogP contribution < -0.4 is 5.32 Å². The number of aryl methyl sites for hydroxylation is 3. The van der Waals surface area contributed by atoms with Crippen LogP contribution in [-0.2, 0) is 6.54 Å². The molecule has 7 heteroatoms. The van der Waals surface area contributed by atoms with E-state index in [-0.39, 0.29) is 5.91 Å². The van der Waals surface area contributed by atoms with Gasteiger partial charge in [0.15, 0.2) is 0 Å². The number of rotatable bonds is 6. The van der Waals surface area contributed by atoms with Crippen molar-refractivity contribution >= 4 is 27.5 Å². The molecule has 1 amide bonds. The van der Waals surface area contributed by atoms with Crippen LogP contribution in [0.3, 0.4) is 0 Å². The van der Waals surface area contributed by atoms with Gasteiger partial charge >= 0.3 is 0 Å². The van der Waals surface area contributed by atoms with Crippen molar-refractivity contribution in [1.29, 1.82) is 0 Å². The summed E-state index contributed by atoms with van der Waals surface area (Å²) in [4.78, 5) is 28.1. The number of aromatic nitrogens is 4. The summed E-state index contributed by atoms with van der Waals surface area (Å²) >= 11 is 1.49. The summed E-state index contributed by atoms with van der Waals surface area (Å²) in [7, 11) is 0. The largest absolute Gasteiger partial charge is 0.351 e. The maximum atomic E-state index is 12.8. The molecule has 1 aliphatic rings. The van der Waals surface area contributed by atoms with Gasteiger partial charge in [-0.05, 0) is 45.1 Å². The van der Waals surface area contributed by atoms with Crippen molar-refractivity contribution in [2.24, 2.45) is 5.92 Å². The van der Waals surface area contributed by atoms with E-state index in [9.17, 15) is 4.79 Å². The van der Waals surface area contributed by atoms with Crippen molar-refractivity contribution in [2.45, 2.75) is 53.0 Å². The van der Waals surface area contributed by atoms with Crippen LogP contribution in [0.15, 0.2) is 12.4 Å². The predicted octanol–water partition coefficient (Wildman–Crippen LogP) is 3.76. The van der Waals surface area contributed by atoms with E-state index in [4.69, 9.17) is 4.98 Å². The van der Waals surface area contributed by atoms with Gasteiger partial charge in [0.25, 0.3) is 5.91 Å². The molecule has 1 N–H and O–H groups in total. The van der Waals surface area contributed by atoms with Crippen molar-refractivity contribution in [3.05, 3.63) is 40.2 Å². The molecular weight excluding hydrogens is 358 g/mol. The summed E-state index contributed by atoms with van der Waals surface area (Å²) in [5.41, 5.74) is 1.98. The molecule has 0 aliphatic heterocycles. The summed E-state index contributed by atoms with van der Waals surface area (Å²) in [5, 5.41) is 4.13. The Labute approximate surface area is 163 Å². The number of fused-ring (bicyclic) bond motifs is 1. The molecular formula is C20H25N5OS. The van der Waals surface area contributed by atoms with Crippen LogP contribution in [0.1, 0.15) is 58.3 Å². The van der Waals surface area contributed by atoms with Crippen LogP contribution in [0.25, 0.3) is 10.2 Å². The van der Waals surface area contributed by atoms with Crippen LogP contribution in [0.5, 0.6) is 0 Å². The van der Waals surface area contributed by atoms with Gasteiger partial charge in [0, 0.05) is 36.8 Å². The van der Waals surface area contributed by atoms with Gasteiger partial charge in [-0.25, -0.2) is 15.0 Å². The lowest BCUT2D eigenvalue weighted by atomic mass is 10.1. The van der Waals surface area contributed by atoms with Gasteiger partial charge in [0.1, 0.15) is 16.5 Å². The first kappa shape index (κ1) is 18.1.